The summed E-state index contributed by atoms with van der Waals surface area (Å²) in [5, 5.41) is 16.2. The SMILES string of the molecule is C[C@@H]1COCCN1C1=CC([C@@]2(O)CCCOC2)=CC(C2=NC(Oc3cnn(C4CCN(C)CC4)c3)C(N)N=C2)C1. The molecule has 0 aromatic carbocycles. The zero-order valence-electron chi connectivity index (χ0n) is 23.7. The number of likely N-dealkylation sites (tertiary alicyclic amines) is 1. The number of piperidine rings is 1. The van der Waals surface area contributed by atoms with Gasteiger partial charge in [-0.25, -0.2) is 4.99 Å². The van der Waals surface area contributed by atoms with E-state index in [-0.39, 0.29) is 12.0 Å². The van der Waals surface area contributed by atoms with Gasteiger partial charge in [-0.05, 0) is 70.8 Å². The number of aromatic nitrogens is 2. The van der Waals surface area contributed by atoms with E-state index in [4.69, 9.17) is 24.9 Å². The highest BCUT2D eigenvalue weighted by molar-refractivity contribution is 6.32. The molecule has 40 heavy (non-hydrogen) atoms. The van der Waals surface area contributed by atoms with Gasteiger partial charge in [-0.15, -0.1) is 0 Å². The molecule has 1 aromatic heterocycles. The molecule has 3 N–H and O–H groups in total. The van der Waals surface area contributed by atoms with Gasteiger partial charge in [0, 0.05) is 37.0 Å². The standard InChI is InChI=1S/C29H43N7O4/c1-20-18-38-11-9-35(20)24-13-21(12-22(14-24)29(37)6-3-10-39-19-29)26-16-31-27(30)28(33-26)40-25-15-32-36(17-25)23-4-7-34(2)8-5-23/h12,14-17,20-21,23,27-28,37H,3-11,13,18-19,30H2,1-2H3/t20-,21?,27?,28?,29-/m1/s1. The first-order valence-electron chi connectivity index (χ1n) is 14.7. The molecule has 11 heteroatoms. The van der Waals surface area contributed by atoms with Crippen molar-refractivity contribution in [2.45, 2.75) is 69.1 Å². The van der Waals surface area contributed by atoms with Gasteiger partial charge in [-0.1, -0.05) is 6.08 Å². The molecule has 5 aliphatic rings. The molecule has 0 radical (unpaired) electrons. The first-order chi connectivity index (χ1) is 19.4. The zero-order chi connectivity index (χ0) is 27.7. The molecule has 0 amide bonds. The molecular formula is C29H43N7O4. The molecule has 6 rings (SSSR count). The molecule has 3 saturated heterocycles. The van der Waals surface area contributed by atoms with Crippen molar-refractivity contribution in [3.05, 3.63) is 35.8 Å². The van der Waals surface area contributed by atoms with Crippen LogP contribution in [0.4, 0.5) is 0 Å². The van der Waals surface area contributed by atoms with Crippen molar-refractivity contribution in [3.8, 4) is 5.75 Å². The maximum atomic E-state index is 11.6. The van der Waals surface area contributed by atoms with Crippen LogP contribution in [0.15, 0.2) is 45.8 Å². The number of rotatable bonds is 6. The van der Waals surface area contributed by atoms with Crippen LogP contribution in [0.25, 0.3) is 0 Å². The quantitative estimate of drug-likeness (QED) is 0.547. The second-order valence-corrected chi connectivity index (χ2v) is 11.9. The van der Waals surface area contributed by atoms with Gasteiger partial charge in [0.15, 0.2) is 11.9 Å². The maximum Gasteiger partial charge on any atom is 0.225 e. The lowest BCUT2D eigenvalue weighted by molar-refractivity contribution is -0.0600. The summed E-state index contributed by atoms with van der Waals surface area (Å²) in [6, 6.07) is 0.628. The molecule has 218 valence electrons. The number of nitrogens with two attached hydrogens (primary N) is 1. The lowest BCUT2D eigenvalue weighted by atomic mass is 9.79. The Hall–Kier alpha value is -2.57. The summed E-state index contributed by atoms with van der Waals surface area (Å²) in [6.07, 6.45) is 12.9. The molecule has 0 saturated carbocycles. The van der Waals surface area contributed by atoms with Gasteiger partial charge in [-0.3, -0.25) is 9.67 Å². The Morgan fingerprint density at radius 2 is 2.02 bits per heavy atom. The van der Waals surface area contributed by atoms with Crippen LogP contribution in [0.3, 0.4) is 0 Å². The largest absolute Gasteiger partial charge is 0.462 e. The van der Waals surface area contributed by atoms with E-state index < -0.39 is 18.0 Å². The van der Waals surface area contributed by atoms with Gasteiger partial charge in [0.2, 0.25) is 6.23 Å². The minimum Gasteiger partial charge on any atom is -0.462 e. The van der Waals surface area contributed by atoms with Crippen LogP contribution in [0.2, 0.25) is 0 Å². The van der Waals surface area contributed by atoms with Crippen LogP contribution in [-0.4, -0.2) is 114 Å². The fraction of sp³-hybridized carbons (Fsp3) is 0.690. The normalized spacial score (nSPS) is 34.3. The van der Waals surface area contributed by atoms with Crippen LogP contribution in [0, 0.1) is 5.92 Å². The Morgan fingerprint density at radius 1 is 1.18 bits per heavy atom. The summed E-state index contributed by atoms with van der Waals surface area (Å²) >= 11 is 0. The number of hydrogen-bond donors (Lipinski definition) is 2. The zero-order valence-corrected chi connectivity index (χ0v) is 23.7. The molecule has 3 unspecified atom stereocenters. The van der Waals surface area contributed by atoms with E-state index in [2.05, 4.69) is 46.0 Å². The van der Waals surface area contributed by atoms with Gasteiger partial charge in [0.25, 0.3) is 0 Å². The van der Waals surface area contributed by atoms with Gasteiger partial charge in [0.05, 0.1) is 44.0 Å². The molecule has 1 aromatic rings. The van der Waals surface area contributed by atoms with Crippen molar-refractivity contribution in [2.75, 3.05) is 53.1 Å². The number of ether oxygens (including phenoxy) is 3. The summed E-state index contributed by atoms with van der Waals surface area (Å²) in [5.74, 6) is 0.580. The van der Waals surface area contributed by atoms with Crippen LogP contribution in [-0.2, 0) is 9.47 Å². The number of hydrogen-bond acceptors (Lipinski definition) is 10. The molecular weight excluding hydrogens is 510 g/mol. The Morgan fingerprint density at radius 3 is 2.80 bits per heavy atom. The van der Waals surface area contributed by atoms with E-state index in [0.717, 1.165) is 56.6 Å². The maximum absolute atomic E-state index is 11.6. The average Bonchev–Trinajstić information content (AvgIpc) is 3.43. The van der Waals surface area contributed by atoms with E-state index in [1.165, 1.54) is 5.70 Å². The number of morpholine rings is 1. The fourth-order valence-corrected chi connectivity index (χ4v) is 6.39. The van der Waals surface area contributed by atoms with Crippen molar-refractivity contribution in [1.82, 2.24) is 19.6 Å². The third kappa shape index (κ3) is 5.89. The van der Waals surface area contributed by atoms with Crippen LogP contribution < -0.4 is 10.5 Å². The second-order valence-electron chi connectivity index (χ2n) is 11.9. The minimum atomic E-state index is -1.02. The topological polar surface area (TPSA) is 123 Å². The van der Waals surface area contributed by atoms with Gasteiger partial charge >= 0.3 is 0 Å². The highest BCUT2D eigenvalue weighted by Gasteiger charge is 2.38. The lowest BCUT2D eigenvalue weighted by Gasteiger charge is -2.42. The summed E-state index contributed by atoms with van der Waals surface area (Å²) in [7, 11) is 2.16. The monoisotopic (exact) mass is 553 g/mol. The van der Waals surface area contributed by atoms with Gasteiger partial charge in [0.1, 0.15) is 5.60 Å². The summed E-state index contributed by atoms with van der Waals surface area (Å²) in [4.78, 5) is 14.3. The van der Waals surface area contributed by atoms with Crippen molar-refractivity contribution >= 4 is 11.9 Å². The fourth-order valence-electron chi connectivity index (χ4n) is 6.39. The van der Waals surface area contributed by atoms with Crippen LogP contribution >= 0.6 is 0 Å². The number of allylic oxidation sites excluding steroid dienone is 2. The van der Waals surface area contributed by atoms with E-state index in [1.807, 2.05) is 10.9 Å². The predicted octanol–water partition coefficient (Wildman–Crippen LogP) is 1.76. The van der Waals surface area contributed by atoms with Crippen molar-refractivity contribution in [1.29, 1.82) is 0 Å². The molecule has 11 nitrogen and oxygen atoms in total. The molecule has 1 aliphatic carbocycles. The highest BCUT2D eigenvalue weighted by Crippen LogP contribution is 2.37. The lowest BCUT2D eigenvalue weighted by Crippen LogP contribution is -2.46. The van der Waals surface area contributed by atoms with Crippen LogP contribution in [0.5, 0.6) is 5.75 Å². The molecule has 5 atom stereocenters. The van der Waals surface area contributed by atoms with Gasteiger partial charge < -0.3 is 34.9 Å². The smallest absolute Gasteiger partial charge is 0.225 e. The predicted molar refractivity (Wildman–Crippen MR) is 153 cm³/mol. The van der Waals surface area contributed by atoms with Crippen molar-refractivity contribution < 1.29 is 19.3 Å². The Kier molecular flexibility index (Phi) is 8.09. The third-order valence-electron chi connectivity index (χ3n) is 8.85. The van der Waals surface area contributed by atoms with E-state index in [1.54, 1.807) is 12.4 Å². The van der Waals surface area contributed by atoms with E-state index in [9.17, 15) is 5.11 Å². The number of aliphatic hydroxyl groups is 1. The number of aliphatic imine (C=N–C) groups is 2. The minimum absolute atomic E-state index is 0.0692. The molecule has 4 aliphatic heterocycles. The molecule has 0 spiro atoms. The molecule has 0 bridgehead atoms. The Bertz CT molecular complexity index is 1160. The Labute approximate surface area is 236 Å². The molecule has 3 fully saturated rings. The van der Waals surface area contributed by atoms with E-state index >= 15 is 0 Å². The third-order valence-corrected chi connectivity index (χ3v) is 8.85. The summed E-state index contributed by atoms with van der Waals surface area (Å²) < 4.78 is 19.7. The first kappa shape index (κ1) is 27.6. The summed E-state index contributed by atoms with van der Waals surface area (Å²) in [6.45, 7) is 7.49. The number of nitrogens with zero attached hydrogens (tertiary/aromatic N) is 6. The molecule has 5 heterocycles. The van der Waals surface area contributed by atoms with Crippen LogP contribution in [0.1, 0.15) is 45.1 Å². The first-order valence-corrected chi connectivity index (χ1v) is 14.7. The highest BCUT2D eigenvalue weighted by atomic mass is 16.5. The van der Waals surface area contributed by atoms with E-state index in [0.29, 0.717) is 44.6 Å². The summed E-state index contributed by atoms with van der Waals surface area (Å²) in [5.41, 5.74) is 8.20. The second kappa shape index (κ2) is 11.7. The van der Waals surface area contributed by atoms with Crippen molar-refractivity contribution in [3.63, 3.8) is 0 Å². The van der Waals surface area contributed by atoms with Gasteiger partial charge in [-0.2, -0.15) is 5.10 Å². The average molecular weight is 554 g/mol. The Balaban J connectivity index is 1.23. The van der Waals surface area contributed by atoms with Crippen molar-refractivity contribution in [2.24, 2.45) is 21.6 Å².